The van der Waals surface area contributed by atoms with Gasteiger partial charge in [-0.25, -0.2) is 4.79 Å². The van der Waals surface area contributed by atoms with Crippen LogP contribution in [0.1, 0.15) is 5.56 Å². The molecule has 0 saturated carbocycles. The van der Waals surface area contributed by atoms with Crippen molar-refractivity contribution in [2.24, 2.45) is 7.05 Å². The SMILES string of the molecule is Cn1c(=O)oc2cc(NC(=O)C(=O)NCc3ccsc3)ccc21. The van der Waals surface area contributed by atoms with E-state index in [1.165, 1.54) is 22.0 Å². The fraction of sp³-hybridized carbons (Fsp3) is 0.133. The van der Waals surface area contributed by atoms with Gasteiger partial charge in [0, 0.05) is 25.3 Å². The van der Waals surface area contributed by atoms with Crippen LogP contribution >= 0.6 is 11.3 Å². The Morgan fingerprint density at radius 1 is 1.26 bits per heavy atom. The number of nitrogens with zero attached hydrogens (tertiary/aromatic N) is 1. The van der Waals surface area contributed by atoms with Crippen molar-refractivity contribution in [3.63, 3.8) is 0 Å². The first-order valence-electron chi connectivity index (χ1n) is 6.74. The highest BCUT2D eigenvalue weighted by Gasteiger charge is 2.14. The summed E-state index contributed by atoms with van der Waals surface area (Å²) in [7, 11) is 1.59. The molecule has 2 N–H and O–H groups in total. The minimum Gasteiger partial charge on any atom is -0.408 e. The maximum absolute atomic E-state index is 11.9. The van der Waals surface area contributed by atoms with Gasteiger partial charge in [0.15, 0.2) is 5.58 Å². The first-order valence-corrected chi connectivity index (χ1v) is 7.69. The smallest absolute Gasteiger partial charge is 0.408 e. The van der Waals surface area contributed by atoms with E-state index >= 15 is 0 Å². The van der Waals surface area contributed by atoms with Crippen LogP contribution in [0.3, 0.4) is 0 Å². The molecule has 118 valence electrons. The number of fused-ring (bicyclic) bond motifs is 1. The molecule has 3 aromatic rings. The molecule has 0 aliphatic carbocycles. The van der Waals surface area contributed by atoms with E-state index in [4.69, 9.17) is 4.42 Å². The van der Waals surface area contributed by atoms with E-state index < -0.39 is 17.6 Å². The molecular weight excluding hydrogens is 318 g/mol. The molecule has 1 aromatic carbocycles. The first kappa shape index (κ1) is 15.0. The maximum atomic E-state index is 11.9. The lowest BCUT2D eigenvalue weighted by atomic mass is 10.2. The molecule has 0 aliphatic heterocycles. The third-order valence-electron chi connectivity index (χ3n) is 3.29. The number of carbonyl (C=O) groups excluding carboxylic acids is 2. The van der Waals surface area contributed by atoms with Crippen LogP contribution in [0, 0.1) is 0 Å². The van der Waals surface area contributed by atoms with Crippen LogP contribution in [0.15, 0.2) is 44.2 Å². The van der Waals surface area contributed by atoms with Gasteiger partial charge in [0.25, 0.3) is 0 Å². The number of anilines is 1. The quantitative estimate of drug-likeness (QED) is 0.710. The Kier molecular flexibility index (Phi) is 3.98. The standard InChI is InChI=1S/C15H13N3O4S/c1-18-11-3-2-10(6-12(11)22-15(18)21)17-14(20)13(19)16-7-9-4-5-23-8-9/h2-6,8H,7H2,1H3,(H,16,19)(H,17,20). The lowest BCUT2D eigenvalue weighted by molar-refractivity contribution is -0.136. The predicted octanol–water partition coefficient (Wildman–Crippen LogP) is 1.45. The molecule has 0 saturated heterocycles. The fourth-order valence-electron chi connectivity index (χ4n) is 2.06. The zero-order valence-electron chi connectivity index (χ0n) is 12.2. The minimum absolute atomic E-state index is 0.294. The van der Waals surface area contributed by atoms with Crippen LogP contribution in [0.25, 0.3) is 11.1 Å². The van der Waals surface area contributed by atoms with Gasteiger partial charge in [0.1, 0.15) is 0 Å². The number of nitrogens with one attached hydrogen (secondary N) is 2. The number of aromatic nitrogens is 1. The number of benzene rings is 1. The highest BCUT2D eigenvalue weighted by molar-refractivity contribution is 7.07. The Bertz CT molecular complexity index is 924. The highest BCUT2D eigenvalue weighted by atomic mass is 32.1. The van der Waals surface area contributed by atoms with Crippen molar-refractivity contribution in [2.75, 3.05) is 5.32 Å². The molecule has 2 amide bonds. The summed E-state index contributed by atoms with van der Waals surface area (Å²) in [6, 6.07) is 6.61. The number of amides is 2. The van der Waals surface area contributed by atoms with Crippen molar-refractivity contribution in [3.05, 3.63) is 51.1 Å². The van der Waals surface area contributed by atoms with Gasteiger partial charge < -0.3 is 15.1 Å². The monoisotopic (exact) mass is 331 g/mol. The third kappa shape index (κ3) is 3.16. The molecule has 0 bridgehead atoms. The molecule has 0 unspecified atom stereocenters. The van der Waals surface area contributed by atoms with Crippen molar-refractivity contribution < 1.29 is 14.0 Å². The topological polar surface area (TPSA) is 93.3 Å². The minimum atomic E-state index is -0.780. The van der Waals surface area contributed by atoms with Crippen LogP contribution in [0.5, 0.6) is 0 Å². The summed E-state index contributed by atoms with van der Waals surface area (Å²) >= 11 is 1.52. The van der Waals surface area contributed by atoms with Crippen molar-refractivity contribution in [2.45, 2.75) is 6.54 Å². The number of hydrogen-bond donors (Lipinski definition) is 2. The van der Waals surface area contributed by atoms with Gasteiger partial charge in [-0.3, -0.25) is 14.2 Å². The summed E-state index contributed by atoms with van der Waals surface area (Å²) in [5, 5.41) is 8.79. The molecule has 2 heterocycles. The van der Waals surface area contributed by atoms with Gasteiger partial charge in [-0.2, -0.15) is 11.3 Å². The summed E-state index contributed by atoms with van der Waals surface area (Å²) in [5.41, 5.74) is 2.26. The normalized spacial score (nSPS) is 10.7. The van der Waals surface area contributed by atoms with E-state index in [9.17, 15) is 14.4 Å². The Balaban J connectivity index is 1.67. The molecule has 7 nitrogen and oxygen atoms in total. The second kappa shape index (κ2) is 6.09. The molecule has 2 aromatic heterocycles. The molecule has 23 heavy (non-hydrogen) atoms. The first-order chi connectivity index (χ1) is 11.0. The highest BCUT2D eigenvalue weighted by Crippen LogP contribution is 2.17. The third-order valence-corrected chi connectivity index (χ3v) is 4.02. The lowest BCUT2D eigenvalue weighted by Gasteiger charge is -2.05. The fourth-order valence-corrected chi connectivity index (χ4v) is 2.72. The Morgan fingerprint density at radius 2 is 2.09 bits per heavy atom. The van der Waals surface area contributed by atoms with Crippen LogP contribution in [-0.4, -0.2) is 16.4 Å². The molecule has 0 atom stereocenters. The number of rotatable bonds is 3. The van der Waals surface area contributed by atoms with Gasteiger partial charge in [0.05, 0.1) is 5.52 Å². The van der Waals surface area contributed by atoms with Crippen LogP contribution in [0.2, 0.25) is 0 Å². The van der Waals surface area contributed by atoms with Gasteiger partial charge >= 0.3 is 17.6 Å². The van der Waals surface area contributed by atoms with Gasteiger partial charge in [-0.15, -0.1) is 0 Å². The van der Waals surface area contributed by atoms with E-state index in [-0.39, 0.29) is 0 Å². The molecule has 0 aliphatic rings. The number of hydrogen-bond acceptors (Lipinski definition) is 5. The second-order valence-corrected chi connectivity index (χ2v) is 5.66. The molecule has 0 spiro atoms. The summed E-state index contributed by atoms with van der Waals surface area (Å²) in [6.07, 6.45) is 0. The van der Waals surface area contributed by atoms with E-state index in [0.717, 1.165) is 5.56 Å². The van der Waals surface area contributed by atoms with E-state index in [2.05, 4.69) is 10.6 Å². The lowest BCUT2D eigenvalue weighted by Crippen LogP contribution is -2.34. The van der Waals surface area contributed by atoms with Crippen molar-refractivity contribution in [1.29, 1.82) is 0 Å². The summed E-state index contributed by atoms with van der Waals surface area (Å²) in [6.45, 7) is 0.294. The molecular formula is C15H13N3O4S. The zero-order valence-corrected chi connectivity index (χ0v) is 13.0. The largest absolute Gasteiger partial charge is 0.419 e. The van der Waals surface area contributed by atoms with Crippen LogP contribution in [-0.2, 0) is 23.2 Å². The average Bonchev–Trinajstić information content (AvgIpc) is 3.14. The predicted molar refractivity (Wildman–Crippen MR) is 86.3 cm³/mol. The van der Waals surface area contributed by atoms with Gasteiger partial charge in [-0.05, 0) is 34.5 Å². The van der Waals surface area contributed by atoms with E-state index in [1.807, 2.05) is 16.8 Å². The van der Waals surface area contributed by atoms with Crippen molar-refractivity contribution in [1.82, 2.24) is 9.88 Å². The molecule has 3 rings (SSSR count). The van der Waals surface area contributed by atoms with Gasteiger partial charge in [-0.1, -0.05) is 0 Å². The van der Waals surface area contributed by atoms with E-state index in [0.29, 0.717) is 23.3 Å². The molecule has 0 radical (unpaired) electrons. The molecule has 0 fully saturated rings. The van der Waals surface area contributed by atoms with Crippen molar-refractivity contribution in [3.8, 4) is 0 Å². The Morgan fingerprint density at radius 3 is 2.83 bits per heavy atom. The summed E-state index contributed by atoms with van der Waals surface area (Å²) in [4.78, 5) is 35.1. The van der Waals surface area contributed by atoms with E-state index in [1.54, 1.807) is 19.2 Å². The summed E-state index contributed by atoms with van der Waals surface area (Å²) in [5.74, 6) is -2.00. The maximum Gasteiger partial charge on any atom is 0.419 e. The zero-order chi connectivity index (χ0) is 16.4. The number of thiophene rings is 1. The number of carbonyl (C=O) groups is 2. The number of oxazole rings is 1. The van der Waals surface area contributed by atoms with Gasteiger partial charge in [0.2, 0.25) is 0 Å². The Labute approximate surface area is 134 Å². The average molecular weight is 331 g/mol. The number of aryl methyl sites for hydroxylation is 1. The summed E-state index contributed by atoms with van der Waals surface area (Å²) < 4.78 is 6.39. The Hall–Kier alpha value is -2.87. The van der Waals surface area contributed by atoms with Crippen molar-refractivity contribution >= 4 is 39.9 Å². The van der Waals surface area contributed by atoms with Crippen LogP contribution < -0.4 is 16.4 Å². The molecule has 8 heteroatoms. The second-order valence-electron chi connectivity index (χ2n) is 4.88. The van der Waals surface area contributed by atoms with Crippen LogP contribution in [0.4, 0.5) is 5.69 Å².